The van der Waals surface area contributed by atoms with E-state index in [-0.39, 0.29) is 18.8 Å². The normalized spacial score (nSPS) is 10.1. The van der Waals surface area contributed by atoms with E-state index in [2.05, 4.69) is 4.98 Å². The van der Waals surface area contributed by atoms with Crippen molar-refractivity contribution in [2.75, 3.05) is 6.61 Å². The average Bonchev–Trinajstić information content (AvgIpc) is 1.98. The summed E-state index contributed by atoms with van der Waals surface area (Å²) in [5.74, 6) is -0.343. The lowest BCUT2D eigenvalue weighted by Gasteiger charge is -1.99. The third-order valence-electron chi connectivity index (χ3n) is 1.41. The van der Waals surface area contributed by atoms with Crippen LogP contribution < -0.4 is 0 Å². The van der Waals surface area contributed by atoms with Crippen molar-refractivity contribution in [2.24, 2.45) is 0 Å². The summed E-state index contributed by atoms with van der Waals surface area (Å²) in [7, 11) is 0. The lowest BCUT2D eigenvalue weighted by atomic mass is 10.2. The van der Waals surface area contributed by atoms with E-state index >= 15 is 0 Å². The predicted octanol–water partition coefficient (Wildman–Crippen LogP) is 1.06. The number of aliphatic hydroxyl groups excluding tert-OH is 1. The third-order valence-corrected chi connectivity index (χ3v) is 1.41. The maximum atomic E-state index is 12.8. The maximum Gasteiger partial charge on any atom is 0.144 e. The third kappa shape index (κ3) is 1.98. The minimum atomic E-state index is -0.343. The van der Waals surface area contributed by atoms with Crippen LogP contribution in [-0.2, 0) is 6.42 Å². The average molecular weight is 155 g/mol. The smallest absolute Gasteiger partial charge is 0.144 e. The molecular formula is C8H10FNO. The highest BCUT2D eigenvalue weighted by Crippen LogP contribution is 2.05. The summed E-state index contributed by atoms with van der Waals surface area (Å²) < 4.78 is 12.8. The van der Waals surface area contributed by atoms with Crippen LogP contribution in [-0.4, -0.2) is 16.7 Å². The van der Waals surface area contributed by atoms with Crippen LogP contribution in [0.2, 0.25) is 0 Å². The second-order valence-electron chi connectivity index (χ2n) is 2.35. The summed E-state index contributed by atoms with van der Waals surface area (Å²) in [6, 6.07) is 2.98. The summed E-state index contributed by atoms with van der Waals surface area (Å²) in [5.41, 5.74) is 1.11. The molecule has 2 nitrogen and oxygen atoms in total. The molecule has 1 rings (SSSR count). The van der Waals surface area contributed by atoms with E-state index in [1.807, 2.05) is 0 Å². The molecule has 0 bridgehead atoms. The highest BCUT2D eigenvalue weighted by atomic mass is 19.1. The summed E-state index contributed by atoms with van der Waals surface area (Å²) in [5, 5.41) is 8.53. The minimum absolute atomic E-state index is 0.0621. The maximum absolute atomic E-state index is 12.8. The summed E-state index contributed by atoms with van der Waals surface area (Å²) >= 11 is 0. The molecule has 0 saturated heterocycles. The molecule has 0 radical (unpaired) electrons. The lowest BCUT2D eigenvalue weighted by Crippen LogP contribution is -1.99. The Morgan fingerprint density at radius 2 is 2.27 bits per heavy atom. The minimum Gasteiger partial charge on any atom is -0.396 e. The summed E-state index contributed by atoms with van der Waals surface area (Å²) in [6.07, 6.45) is 0.285. The molecule has 1 aromatic heterocycles. The van der Waals surface area contributed by atoms with Crippen molar-refractivity contribution in [2.45, 2.75) is 13.3 Å². The first-order valence-electron chi connectivity index (χ1n) is 3.47. The van der Waals surface area contributed by atoms with Gasteiger partial charge in [-0.1, -0.05) is 0 Å². The van der Waals surface area contributed by atoms with Crippen molar-refractivity contribution in [3.05, 3.63) is 29.3 Å². The van der Waals surface area contributed by atoms with Crippen LogP contribution >= 0.6 is 0 Å². The molecule has 0 aliphatic rings. The van der Waals surface area contributed by atoms with Crippen LogP contribution in [0.4, 0.5) is 4.39 Å². The summed E-state index contributed by atoms with van der Waals surface area (Å²) in [4.78, 5) is 3.93. The molecule has 0 spiro atoms. The number of hydrogen-bond donors (Lipinski definition) is 1. The fourth-order valence-electron chi connectivity index (χ4n) is 0.875. The van der Waals surface area contributed by atoms with E-state index in [1.54, 1.807) is 13.0 Å². The van der Waals surface area contributed by atoms with Gasteiger partial charge in [-0.05, 0) is 19.1 Å². The molecule has 1 aromatic rings. The molecule has 60 valence electrons. The number of rotatable bonds is 2. The van der Waals surface area contributed by atoms with Crippen molar-refractivity contribution >= 4 is 0 Å². The number of aromatic nitrogens is 1. The molecule has 1 heterocycles. The Labute approximate surface area is 64.7 Å². The SMILES string of the molecule is Cc1ccc(F)c(CCO)n1. The van der Waals surface area contributed by atoms with Crippen molar-refractivity contribution in [3.8, 4) is 0 Å². The Morgan fingerprint density at radius 1 is 1.55 bits per heavy atom. The van der Waals surface area contributed by atoms with Gasteiger partial charge >= 0.3 is 0 Å². The van der Waals surface area contributed by atoms with Crippen molar-refractivity contribution in [1.29, 1.82) is 0 Å². The Balaban J connectivity index is 2.93. The Hall–Kier alpha value is -0.960. The largest absolute Gasteiger partial charge is 0.396 e. The van der Waals surface area contributed by atoms with Gasteiger partial charge in [0.1, 0.15) is 5.82 Å². The van der Waals surface area contributed by atoms with Gasteiger partial charge in [-0.25, -0.2) is 4.39 Å². The molecule has 0 unspecified atom stereocenters. The zero-order valence-electron chi connectivity index (χ0n) is 6.34. The standard InChI is InChI=1S/C8H10FNO/c1-6-2-3-7(9)8(10-6)4-5-11/h2-3,11H,4-5H2,1H3. The van der Waals surface area contributed by atoms with Gasteiger partial charge in [-0.2, -0.15) is 0 Å². The molecule has 0 aliphatic carbocycles. The van der Waals surface area contributed by atoms with Gasteiger partial charge in [0.15, 0.2) is 0 Å². The first-order valence-corrected chi connectivity index (χ1v) is 3.47. The lowest BCUT2D eigenvalue weighted by molar-refractivity contribution is 0.296. The predicted molar refractivity (Wildman–Crippen MR) is 39.7 cm³/mol. The summed E-state index contributed by atoms with van der Waals surface area (Å²) in [6.45, 7) is 1.73. The number of aliphatic hydroxyl groups is 1. The molecule has 0 aromatic carbocycles. The topological polar surface area (TPSA) is 33.1 Å². The van der Waals surface area contributed by atoms with E-state index in [9.17, 15) is 4.39 Å². The van der Waals surface area contributed by atoms with E-state index in [0.29, 0.717) is 5.69 Å². The molecule has 11 heavy (non-hydrogen) atoms. The Kier molecular flexibility index (Phi) is 2.54. The molecule has 0 aliphatic heterocycles. The number of pyridine rings is 1. The quantitative estimate of drug-likeness (QED) is 0.692. The fraction of sp³-hybridized carbons (Fsp3) is 0.375. The van der Waals surface area contributed by atoms with Crippen LogP contribution in [0.1, 0.15) is 11.4 Å². The van der Waals surface area contributed by atoms with Crippen LogP contribution in [0.25, 0.3) is 0 Å². The monoisotopic (exact) mass is 155 g/mol. The molecule has 3 heteroatoms. The van der Waals surface area contributed by atoms with Gasteiger partial charge < -0.3 is 5.11 Å². The Morgan fingerprint density at radius 3 is 2.91 bits per heavy atom. The first kappa shape index (κ1) is 8.14. The second kappa shape index (κ2) is 3.44. The van der Waals surface area contributed by atoms with Crippen LogP contribution in [0, 0.1) is 12.7 Å². The van der Waals surface area contributed by atoms with Crippen LogP contribution in [0.5, 0.6) is 0 Å². The van der Waals surface area contributed by atoms with Crippen LogP contribution in [0.3, 0.4) is 0 Å². The van der Waals surface area contributed by atoms with E-state index in [4.69, 9.17) is 5.11 Å². The molecule has 0 fully saturated rings. The zero-order chi connectivity index (χ0) is 8.27. The van der Waals surface area contributed by atoms with Gasteiger partial charge in [-0.15, -0.1) is 0 Å². The van der Waals surface area contributed by atoms with Gasteiger partial charge in [0.2, 0.25) is 0 Å². The second-order valence-corrected chi connectivity index (χ2v) is 2.35. The van der Waals surface area contributed by atoms with Gasteiger partial charge in [0.25, 0.3) is 0 Å². The van der Waals surface area contributed by atoms with Gasteiger partial charge in [-0.3, -0.25) is 4.98 Å². The van der Waals surface area contributed by atoms with Crippen molar-refractivity contribution in [3.63, 3.8) is 0 Å². The van der Waals surface area contributed by atoms with E-state index in [0.717, 1.165) is 5.69 Å². The fourth-order valence-corrected chi connectivity index (χ4v) is 0.875. The number of nitrogens with zero attached hydrogens (tertiary/aromatic N) is 1. The number of hydrogen-bond acceptors (Lipinski definition) is 2. The zero-order valence-corrected chi connectivity index (χ0v) is 6.34. The molecular weight excluding hydrogens is 145 g/mol. The number of halogens is 1. The van der Waals surface area contributed by atoms with Crippen molar-refractivity contribution in [1.82, 2.24) is 4.98 Å². The highest BCUT2D eigenvalue weighted by Gasteiger charge is 2.01. The number of aryl methyl sites for hydroxylation is 1. The van der Waals surface area contributed by atoms with Gasteiger partial charge in [0, 0.05) is 18.7 Å². The molecule has 0 saturated carbocycles. The van der Waals surface area contributed by atoms with E-state index < -0.39 is 0 Å². The van der Waals surface area contributed by atoms with Crippen LogP contribution in [0.15, 0.2) is 12.1 Å². The molecule has 0 atom stereocenters. The Bertz CT molecular complexity index is 250. The van der Waals surface area contributed by atoms with Gasteiger partial charge in [0.05, 0.1) is 5.69 Å². The van der Waals surface area contributed by atoms with Crippen molar-refractivity contribution < 1.29 is 9.50 Å². The molecule has 1 N–H and O–H groups in total. The van der Waals surface area contributed by atoms with E-state index in [1.165, 1.54) is 6.07 Å². The highest BCUT2D eigenvalue weighted by molar-refractivity contribution is 5.12. The molecule has 0 amide bonds. The first-order chi connectivity index (χ1) is 5.24.